The van der Waals surface area contributed by atoms with Gasteiger partial charge in [-0.2, -0.15) is 0 Å². The molecule has 17 heavy (non-hydrogen) atoms. The second-order valence-corrected chi connectivity index (χ2v) is 5.97. The van der Waals surface area contributed by atoms with Crippen LogP contribution < -0.4 is 5.73 Å². The number of hydrogen-bond acceptors (Lipinski definition) is 4. The summed E-state index contributed by atoms with van der Waals surface area (Å²) in [5.41, 5.74) is 6.87. The minimum Gasteiger partial charge on any atom is -0.343 e. The molecule has 3 nitrogen and oxygen atoms in total. The summed E-state index contributed by atoms with van der Waals surface area (Å²) in [6.45, 7) is 2.22. The van der Waals surface area contributed by atoms with Crippen molar-refractivity contribution < 1.29 is 9.47 Å². The molecule has 1 saturated heterocycles. The summed E-state index contributed by atoms with van der Waals surface area (Å²) in [6.07, 6.45) is 5.51. The second kappa shape index (κ2) is 4.69. The van der Waals surface area contributed by atoms with E-state index in [1.807, 2.05) is 11.3 Å². The molecule has 0 saturated carbocycles. The van der Waals surface area contributed by atoms with Gasteiger partial charge >= 0.3 is 0 Å². The van der Waals surface area contributed by atoms with E-state index >= 15 is 0 Å². The first kappa shape index (κ1) is 11.7. The summed E-state index contributed by atoms with van der Waals surface area (Å²) in [5, 5.41) is 0. The summed E-state index contributed by atoms with van der Waals surface area (Å²) in [6, 6.07) is 2.29. The van der Waals surface area contributed by atoms with Gasteiger partial charge < -0.3 is 15.2 Å². The van der Waals surface area contributed by atoms with Gasteiger partial charge in [-0.05, 0) is 38.3 Å². The van der Waals surface area contributed by atoms with Gasteiger partial charge in [-0.25, -0.2) is 0 Å². The Hall–Kier alpha value is -0.420. The molecule has 1 fully saturated rings. The zero-order valence-corrected chi connectivity index (χ0v) is 10.9. The van der Waals surface area contributed by atoms with E-state index in [-0.39, 0.29) is 0 Å². The minimum absolute atomic E-state index is 0.398. The van der Waals surface area contributed by atoms with Gasteiger partial charge in [0, 0.05) is 21.7 Å². The topological polar surface area (TPSA) is 44.5 Å². The lowest BCUT2D eigenvalue weighted by Gasteiger charge is -2.31. The molecule has 1 aromatic heterocycles. The maximum atomic E-state index is 5.89. The summed E-state index contributed by atoms with van der Waals surface area (Å²) in [4.78, 5) is 2.89. The van der Waals surface area contributed by atoms with Crippen molar-refractivity contribution in [2.24, 2.45) is 5.73 Å². The van der Waals surface area contributed by atoms with Crippen molar-refractivity contribution in [2.45, 2.75) is 37.9 Å². The number of ether oxygens (including phenoxy) is 2. The standard InChI is InChI=1S/C13H19NO2S/c14-6-2-3-10-9-11-12(17-10)4-1-5-13(11)15-7-8-16-13/h9H,1-8,14H2. The van der Waals surface area contributed by atoms with Crippen molar-refractivity contribution >= 4 is 11.3 Å². The van der Waals surface area contributed by atoms with E-state index in [2.05, 4.69) is 6.07 Å². The number of hydrogen-bond donors (Lipinski definition) is 1. The van der Waals surface area contributed by atoms with Gasteiger partial charge in [0.1, 0.15) is 0 Å². The highest BCUT2D eigenvalue weighted by molar-refractivity contribution is 7.12. The van der Waals surface area contributed by atoms with Crippen LogP contribution in [0, 0.1) is 0 Å². The van der Waals surface area contributed by atoms with Gasteiger partial charge in [-0.15, -0.1) is 11.3 Å². The van der Waals surface area contributed by atoms with Crippen LogP contribution >= 0.6 is 11.3 Å². The summed E-state index contributed by atoms with van der Waals surface area (Å²) < 4.78 is 11.8. The third kappa shape index (κ3) is 2.03. The Labute approximate surface area is 106 Å². The van der Waals surface area contributed by atoms with Crippen LogP contribution in [-0.2, 0) is 28.1 Å². The molecule has 0 atom stereocenters. The molecule has 1 aliphatic heterocycles. The van der Waals surface area contributed by atoms with Crippen molar-refractivity contribution in [2.75, 3.05) is 19.8 Å². The molecule has 1 aromatic rings. The zero-order valence-electron chi connectivity index (χ0n) is 10.0. The predicted molar refractivity (Wildman–Crippen MR) is 68.2 cm³/mol. The molecular formula is C13H19NO2S. The number of nitrogens with two attached hydrogens (primary N) is 1. The van der Waals surface area contributed by atoms with E-state index in [1.54, 1.807) is 0 Å². The monoisotopic (exact) mass is 253 g/mol. The third-order valence-corrected chi connectivity index (χ3v) is 4.82. The van der Waals surface area contributed by atoms with Crippen LogP contribution in [0.1, 0.15) is 34.6 Å². The van der Waals surface area contributed by atoms with Gasteiger partial charge in [0.2, 0.25) is 0 Å². The Balaban J connectivity index is 1.88. The number of thiophene rings is 1. The molecule has 0 radical (unpaired) electrons. The number of fused-ring (bicyclic) bond motifs is 2. The Morgan fingerprint density at radius 1 is 1.35 bits per heavy atom. The van der Waals surface area contributed by atoms with Crippen molar-refractivity contribution in [3.8, 4) is 0 Å². The highest BCUT2D eigenvalue weighted by Crippen LogP contribution is 2.45. The second-order valence-electron chi connectivity index (χ2n) is 4.75. The lowest BCUT2D eigenvalue weighted by atomic mass is 9.92. The van der Waals surface area contributed by atoms with Crippen LogP contribution in [0.5, 0.6) is 0 Å². The molecule has 0 amide bonds. The fourth-order valence-electron chi connectivity index (χ4n) is 2.76. The molecule has 2 heterocycles. The highest BCUT2D eigenvalue weighted by atomic mass is 32.1. The third-order valence-electron chi connectivity index (χ3n) is 3.56. The number of rotatable bonds is 3. The van der Waals surface area contributed by atoms with Crippen molar-refractivity contribution in [1.82, 2.24) is 0 Å². The fraction of sp³-hybridized carbons (Fsp3) is 0.692. The molecule has 2 aliphatic rings. The normalized spacial score (nSPS) is 21.9. The molecule has 2 N–H and O–H groups in total. The molecule has 3 rings (SSSR count). The fourth-order valence-corrected chi connectivity index (χ4v) is 4.07. The van der Waals surface area contributed by atoms with Gasteiger partial charge in [0.15, 0.2) is 5.79 Å². The number of aryl methyl sites for hydroxylation is 2. The van der Waals surface area contributed by atoms with Crippen LogP contribution in [0.3, 0.4) is 0 Å². The first-order chi connectivity index (χ1) is 8.34. The molecule has 0 aromatic carbocycles. The largest absolute Gasteiger partial charge is 0.343 e. The highest BCUT2D eigenvalue weighted by Gasteiger charge is 2.43. The lowest BCUT2D eigenvalue weighted by Crippen LogP contribution is -2.30. The predicted octanol–water partition coefficient (Wildman–Crippen LogP) is 2.18. The first-order valence-electron chi connectivity index (χ1n) is 6.44. The Kier molecular flexibility index (Phi) is 3.21. The van der Waals surface area contributed by atoms with E-state index in [4.69, 9.17) is 15.2 Å². The van der Waals surface area contributed by atoms with Crippen LogP contribution in [0.4, 0.5) is 0 Å². The zero-order chi connectivity index (χ0) is 11.7. The molecule has 0 bridgehead atoms. The summed E-state index contributed by atoms with van der Waals surface area (Å²) in [5.74, 6) is -0.398. The quantitative estimate of drug-likeness (QED) is 0.898. The van der Waals surface area contributed by atoms with E-state index in [1.165, 1.54) is 28.2 Å². The maximum Gasteiger partial charge on any atom is 0.196 e. The average Bonchev–Trinajstić information content (AvgIpc) is 2.95. The SMILES string of the molecule is NCCCc1cc2c(s1)CCCC21OCCO1. The van der Waals surface area contributed by atoms with E-state index < -0.39 is 5.79 Å². The molecular weight excluding hydrogens is 234 g/mol. The van der Waals surface area contributed by atoms with Crippen molar-refractivity contribution in [3.63, 3.8) is 0 Å². The van der Waals surface area contributed by atoms with Crippen LogP contribution in [0.15, 0.2) is 6.07 Å². The molecule has 4 heteroatoms. The van der Waals surface area contributed by atoms with Gasteiger partial charge in [-0.3, -0.25) is 0 Å². The van der Waals surface area contributed by atoms with Gasteiger partial charge in [0.25, 0.3) is 0 Å². The van der Waals surface area contributed by atoms with E-state index in [9.17, 15) is 0 Å². The Bertz CT molecular complexity index is 396. The lowest BCUT2D eigenvalue weighted by molar-refractivity contribution is -0.175. The first-order valence-corrected chi connectivity index (χ1v) is 7.26. The minimum atomic E-state index is -0.398. The molecule has 1 spiro atoms. The maximum absolute atomic E-state index is 5.89. The Morgan fingerprint density at radius 2 is 2.18 bits per heavy atom. The van der Waals surface area contributed by atoms with Crippen molar-refractivity contribution in [1.29, 1.82) is 0 Å². The average molecular weight is 253 g/mol. The van der Waals surface area contributed by atoms with E-state index in [0.717, 1.165) is 39.0 Å². The summed E-state index contributed by atoms with van der Waals surface area (Å²) in [7, 11) is 0. The van der Waals surface area contributed by atoms with Gasteiger partial charge in [-0.1, -0.05) is 0 Å². The van der Waals surface area contributed by atoms with E-state index in [0.29, 0.717) is 0 Å². The van der Waals surface area contributed by atoms with Crippen LogP contribution in [0.25, 0.3) is 0 Å². The summed E-state index contributed by atoms with van der Waals surface area (Å²) >= 11 is 1.92. The molecule has 1 aliphatic carbocycles. The molecule has 94 valence electrons. The van der Waals surface area contributed by atoms with Crippen molar-refractivity contribution in [3.05, 3.63) is 21.4 Å². The van der Waals surface area contributed by atoms with Gasteiger partial charge in [0.05, 0.1) is 13.2 Å². The molecule has 0 unspecified atom stereocenters. The smallest absolute Gasteiger partial charge is 0.196 e. The van der Waals surface area contributed by atoms with Crippen LogP contribution in [-0.4, -0.2) is 19.8 Å². The Morgan fingerprint density at radius 3 is 2.94 bits per heavy atom. The van der Waals surface area contributed by atoms with Crippen LogP contribution in [0.2, 0.25) is 0 Å².